The van der Waals surface area contributed by atoms with Crippen molar-refractivity contribution in [1.29, 1.82) is 0 Å². The second kappa shape index (κ2) is 6.59. The van der Waals surface area contributed by atoms with E-state index in [4.69, 9.17) is 4.74 Å². The molecule has 4 heteroatoms. The van der Waals surface area contributed by atoms with Crippen molar-refractivity contribution in [2.75, 3.05) is 31.6 Å². The molecule has 4 nitrogen and oxygen atoms in total. The number of rotatable bonds is 5. The summed E-state index contributed by atoms with van der Waals surface area (Å²) in [5.74, 6) is 1.69. The molecule has 0 radical (unpaired) electrons. The number of methoxy groups -OCH3 is 1. The summed E-state index contributed by atoms with van der Waals surface area (Å²) in [5, 5.41) is 3.58. The van der Waals surface area contributed by atoms with Crippen molar-refractivity contribution in [3.05, 3.63) is 18.2 Å². The van der Waals surface area contributed by atoms with Crippen LogP contribution in [0.3, 0.4) is 0 Å². The van der Waals surface area contributed by atoms with Crippen LogP contribution >= 0.6 is 0 Å². The molecule has 1 fully saturated rings. The first kappa shape index (κ1) is 13.1. The van der Waals surface area contributed by atoms with Gasteiger partial charge in [-0.15, -0.1) is 0 Å². The van der Waals surface area contributed by atoms with Gasteiger partial charge in [0.2, 0.25) is 5.88 Å². The number of hydrogen-bond donors (Lipinski definition) is 1. The molecule has 1 unspecified atom stereocenters. The number of aromatic nitrogens is 1. The van der Waals surface area contributed by atoms with E-state index in [-0.39, 0.29) is 0 Å². The number of ether oxygens (including phenoxy) is 1. The van der Waals surface area contributed by atoms with Crippen molar-refractivity contribution in [3.63, 3.8) is 0 Å². The number of hydrogen-bond acceptors (Lipinski definition) is 4. The Labute approximate surface area is 109 Å². The van der Waals surface area contributed by atoms with Crippen LogP contribution in [0.4, 0.5) is 5.82 Å². The first-order chi connectivity index (χ1) is 8.83. The lowest BCUT2D eigenvalue weighted by atomic mass is 10.0. The Bertz CT molecular complexity index is 364. The van der Waals surface area contributed by atoms with Gasteiger partial charge in [0.15, 0.2) is 0 Å². The quantitative estimate of drug-likeness (QED) is 0.866. The number of nitrogens with one attached hydrogen (secondary N) is 1. The Morgan fingerprint density at radius 1 is 1.44 bits per heavy atom. The number of anilines is 1. The van der Waals surface area contributed by atoms with E-state index >= 15 is 0 Å². The van der Waals surface area contributed by atoms with Crippen LogP contribution in [-0.4, -0.2) is 37.8 Å². The Kier molecular flexibility index (Phi) is 4.81. The zero-order valence-electron chi connectivity index (χ0n) is 11.4. The Balaban J connectivity index is 2.02. The normalized spacial score (nSPS) is 19.6. The van der Waals surface area contributed by atoms with E-state index in [1.165, 1.54) is 19.3 Å². The molecule has 1 aromatic rings. The highest BCUT2D eigenvalue weighted by molar-refractivity contribution is 5.40. The minimum atomic E-state index is 0.590. The van der Waals surface area contributed by atoms with E-state index in [0.29, 0.717) is 11.9 Å². The first-order valence-electron chi connectivity index (χ1n) is 6.83. The van der Waals surface area contributed by atoms with E-state index in [2.05, 4.69) is 28.2 Å². The minimum absolute atomic E-state index is 0.590. The molecule has 1 aliphatic rings. The lowest BCUT2D eigenvalue weighted by molar-refractivity contribution is 0.392. The minimum Gasteiger partial charge on any atom is -0.481 e. The highest BCUT2D eigenvalue weighted by atomic mass is 16.5. The van der Waals surface area contributed by atoms with Crippen LogP contribution in [-0.2, 0) is 0 Å². The molecular weight excluding hydrogens is 226 g/mol. The van der Waals surface area contributed by atoms with Gasteiger partial charge >= 0.3 is 0 Å². The highest BCUT2D eigenvalue weighted by Crippen LogP contribution is 2.17. The summed E-state index contributed by atoms with van der Waals surface area (Å²) in [4.78, 5) is 6.81. The predicted octanol–water partition coefficient (Wildman–Crippen LogP) is 2.06. The zero-order chi connectivity index (χ0) is 12.8. The van der Waals surface area contributed by atoms with Crippen LogP contribution in [0.2, 0.25) is 0 Å². The number of likely N-dealkylation sites (N-methyl/N-ethyl adjacent to an activating group) is 1. The number of piperidine rings is 1. The fourth-order valence-electron chi connectivity index (χ4n) is 2.42. The summed E-state index contributed by atoms with van der Waals surface area (Å²) in [6.07, 6.45) is 3.90. The molecule has 0 amide bonds. The van der Waals surface area contributed by atoms with Crippen LogP contribution in [0.5, 0.6) is 5.88 Å². The topological polar surface area (TPSA) is 37.4 Å². The van der Waals surface area contributed by atoms with Crippen molar-refractivity contribution < 1.29 is 4.74 Å². The molecule has 100 valence electrons. The van der Waals surface area contributed by atoms with Crippen LogP contribution in [0.1, 0.15) is 26.2 Å². The van der Waals surface area contributed by atoms with E-state index in [1.54, 1.807) is 7.11 Å². The second-order valence-electron chi connectivity index (χ2n) is 4.72. The summed E-state index contributed by atoms with van der Waals surface area (Å²) >= 11 is 0. The molecule has 1 aromatic heterocycles. The van der Waals surface area contributed by atoms with Gasteiger partial charge in [-0.1, -0.05) is 12.5 Å². The SMILES string of the molecule is CCN(CC1CCCCN1)c1cccc(OC)n1. The molecule has 0 spiro atoms. The largest absolute Gasteiger partial charge is 0.481 e. The molecule has 0 bridgehead atoms. The third-order valence-corrected chi connectivity index (χ3v) is 3.48. The molecule has 0 aromatic carbocycles. The Hall–Kier alpha value is -1.29. The first-order valence-corrected chi connectivity index (χ1v) is 6.83. The van der Waals surface area contributed by atoms with Gasteiger partial charge in [-0.05, 0) is 32.4 Å². The molecule has 0 aliphatic carbocycles. The summed E-state index contributed by atoms with van der Waals surface area (Å²) in [5.41, 5.74) is 0. The summed E-state index contributed by atoms with van der Waals surface area (Å²) in [6, 6.07) is 6.52. The second-order valence-corrected chi connectivity index (χ2v) is 4.72. The highest BCUT2D eigenvalue weighted by Gasteiger charge is 2.16. The average Bonchev–Trinajstić information content (AvgIpc) is 2.46. The van der Waals surface area contributed by atoms with Gasteiger partial charge in [0.1, 0.15) is 5.82 Å². The number of pyridine rings is 1. The van der Waals surface area contributed by atoms with Gasteiger partial charge in [0.05, 0.1) is 7.11 Å². The Morgan fingerprint density at radius 2 is 2.33 bits per heavy atom. The van der Waals surface area contributed by atoms with E-state index in [0.717, 1.165) is 25.5 Å². The van der Waals surface area contributed by atoms with Crippen LogP contribution < -0.4 is 15.0 Å². The standard InChI is InChI=1S/C14H23N3O/c1-3-17(11-12-7-4-5-10-15-12)13-8-6-9-14(16-13)18-2/h6,8-9,12,15H,3-5,7,10-11H2,1-2H3. The molecular formula is C14H23N3O. The van der Waals surface area contributed by atoms with Crippen molar-refractivity contribution in [3.8, 4) is 5.88 Å². The molecule has 18 heavy (non-hydrogen) atoms. The van der Waals surface area contributed by atoms with Gasteiger partial charge in [0.25, 0.3) is 0 Å². The predicted molar refractivity (Wildman–Crippen MR) is 74.3 cm³/mol. The summed E-state index contributed by atoms with van der Waals surface area (Å²) in [6.45, 7) is 5.31. The molecule has 1 aliphatic heterocycles. The smallest absolute Gasteiger partial charge is 0.214 e. The zero-order valence-corrected chi connectivity index (χ0v) is 11.4. The lowest BCUT2D eigenvalue weighted by Crippen LogP contribution is -2.44. The molecule has 1 atom stereocenters. The third-order valence-electron chi connectivity index (χ3n) is 3.48. The lowest BCUT2D eigenvalue weighted by Gasteiger charge is -2.30. The van der Waals surface area contributed by atoms with Crippen LogP contribution in [0.15, 0.2) is 18.2 Å². The summed E-state index contributed by atoms with van der Waals surface area (Å²) < 4.78 is 5.19. The van der Waals surface area contributed by atoms with Gasteiger partial charge in [-0.3, -0.25) is 0 Å². The monoisotopic (exact) mass is 249 g/mol. The molecule has 0 saturated carbocycles. The van der Waals surface area contributed by atoms with Gasteiger partial charge < -0.3 is 15.0 Å². The van der Waals surface area contributed by atoms with Crippen molar-refractivity contribution in [2.24, 2.45) is 0 Å². The van der Waals surface area contributed by atoms with Crippen LogP contribution in [0, 0.1) is 0 Å². The van der Waals surface area contributed by atoms with Gasteiger partial charge in [0, 0.05) is 25.2 Å². The van der Waals surface area contributed by atoms with E-state index in [9.17, 15) is 0 Å². The van der Waals surface area contributed by atoms with Gasteiger partial charge in [-0.2, -0.15) is 4.98 Å². The molecule has 2 heterocycles. The maximum atomic E-state index is 5.19. The fraction of sp³-hybridized carbons (Fsp3) is 0.643. The molecule has 2 rings (SSSR count). The maximum absolute atomic E-state index is 5.19. The van der Waals surface area contributed by atoms with Crippen molar-refractivity contribution in [1.82, 2.24) is 10.3 Å². The fourth-order valence-corrected chi connectivity index (χ4v) is 2.42. The van der Waals surface area contributed by atoms with Crippen LogP contribution in [0.25, 0.3) is 0 Å². The van der Waals surface area contributed by atoms with Crippen molar-refractivity contribution >= 4 is 5.82 Å². The van der Waals surface area contributed by atoms with E-state index in [1.807, 2.05) is 12.1 Å². The van der Waals surface area contributed by atoms with E-state index < -0.39 is 0 Å². The average molecular weight is 249 g/mol. The Morgan fingerprint density at radius 3 is 3.00 bits per heavy atom. The maximum Gasteiger partial charge on any atom is 0.214 e. The molecule has 1 saturated heterocycles. The molecule has 1 N–H and O–H groups in total. The number of nitrogens with zero attached hydrogens (tertiary/aromatic N) is 2. The third kappa shape index (κ3) is 3.35. The summed E-state index contributed by atoms with van der Waals surface area (Å²) in [7, 11) is 1.66. The van der Waals surface area contributed by atoms with Crippen molar-refractivity contribution in [2.45, 2.75) is 32.2 Å². The van der Waals surface area contributed by atoms with Gasteiger partial charge in [-0.25, -0.2) is 0 Å².